The molecule has 0 aromatic heterocycles. The number of carbonyl (C=O) groups is 2. The third kappa shape index (κ3) is 4.69. The summed E-state index contributed by atoms with van der Waals surface area (Å²) in [6.45, 7) is -1.17. The predicted molar refractivity (Wildman–Crippen MR) is 91.4 cm³/mol. The van der Waals surface area contributed by atoms with E-state index in [1.165, 1.54) is 59.2 Å². The van der Waals surface area contributed by atoms with Gasteiger partial charge in [-0.2, -0.15) is 26.3 Å². The molecular formula is C19H16F6N2O2. The maximum Gasteiger partial charge on any atom is 0.393 e. The van der Waals surface area contributed by atoms with Crippen molar-refractivity contribution in [2.45, 2.75) is 30.9 Å². The zero-order valence-electron chi connectivity index (χ0n) is 14.8. The number of halogens is 6. The van der Waals surface area contributed by atoms with Crippen molar-refractivity contribution in [1.82, 2.24) is 10.6 Å². The fraction of sp³-hybridized carbons (Fsp3) is 0.263. The van der Waals surface area contributed by atoms with Crippen LogP contribution in [0.5, 0.6) is 0 Å². The Morgan fingerprint density at radius 2 is 0.931 bits per heavy atom. The van der Waals surface area contributed by atoms with Crippen LogP contribution in [0.1, 0.15) is 11.1 Å². The first-order chi connectivity index (χ1) is 13.5. The first-order valence-corrected chi connectivity index (χ1v) is 8.28. The second-order valence-electron chi connectivity index (χ2n) is 6.06. The van der Waals surface area contributed by atoms with Crippen LogP contribution in [0.25, 0.3) is 0 Å². The molecule has 0 spiro atoms. The summed E-state index contributed by atoms with van der Waals surface area (Å²) in [5.74, 6) is -23.2. The highest BCUT2D eigenvalue weighted by Gasteiger charge is 2.77. The Morgan fingerprint density at radius 3 is 1.24 bits per heavy atom. The van der Waals surface area contributed by atoms with Gasteiger partial charge in [0.25, 0.3) is 11.8 Å². The molecule has 0 bridgehead atoms. The molecule has 0 saturated heterocycles. The smallest absolute Gasteiger partial charge is 0.347 e. The van der Waals surface area contributed by atoms with Crippen molar-refractivity contribution in [1.29, 1.82) is 0 Å². The van der Waals surface area contributed by atoms with Crippen LogP contribution >= 0.6 is 0 Å². The van der Waals surface area contributed by atoms with Crippen molar-refractivity contribution in [2.24, 2.45) is 0 Å². The molecule has 2 rings (SSSR count). The van der Waals surface area contributed by atoms with Crippen molar-refractivity contribution >= 4 is 11.8 Å². The standard InChI is InChI=1S/C19H16F6N2O2/c20-17(21,15(28)26-11-13-7-3-1-4-8-13)19(24,25)18(22,23)16(29)27-12-14-9-5-2-6-10-14/h1-10H,11-12H2,(H,26,28)(H,27,29). The Labute approximate surface area is 161 Å². The number of hydrogen-bond donors (Lipinski definition) is 2. The van der Waals surface area contributed by atoms with Gasteiger partial charge in [0, 0.05) is 13.1 Å². The van der Waals surface area contributed by atoms with Crippen molar-refractivity contribution in [3.8, 4) is 0 Å². The van der Waals surface area contributed by atoms with Crippen molar-refractivity contribution < 1.29 is 35.9 Å². The molecule has 0 heterocycles. The van der Waals surface area contributed by atoms with Crippen LogP contribution < -0.4 is 10.6 Å². The van der Waals surface area contributed by atoms with Crippen LogP contribution in [-0.4, -0.2) is 29.6 Å². The zero-order valence-corrected chi connectivity index (χ0v) is 14.8. The number of rotatable bonds is 8. The van der Waals surface area contributed by atoms with Gasteiger partial charge < -0.3 is 10.6 Å². The highest BCUT2D eigenvalue weighted by molar-refractivity contribution is 5.89. The first-order valence-electron chi connectivity index (χ1n) is 8.28. The number of alkyl halides is 6. The Balaban J connectivity index is 2.09. The summed E-state index contributed by atoms with van der Waals surface area (Å²) in [4.78, 5) is 23.1. The van der Waals surface area contributed by atoms with Gasteiger partial charge >= 0.3 is 17.8 Å². The maximum atomic E-state index is 13.9. The van der Waals surface area contributed by atoms with Gasteiger partial charge in [0.05, 0.1) is 0 Å². The topological polar surface area (TPSA) is 58.2 Å². The van der Waals surface area contributed by atoms with Gasteiger partial charge in [-0.15, -0.1) is 0 Å². The molecule has 2 N–H and O–H groups in total. The lowest BCUT2D eigenvalue weighted by Gasteiger charge is -2.31. The quantitative estimate of drug-likeness (QED) is 0.645. The van der Waals surface area contributed by atoms with E-state index in [-0.39, 0.29) is 11.1 Å². The molecule has 2 amide bonds. The van der Waals surface area contributed by atoms with E-state index < -0.39 is 42.7 Å². The molecule has 0 radical (unpaired) electrons. The number of amides is 2. The van der Waals surface area contributed by atoms with E-state index >= 15 is 0 Å². The van der Waals surface area contributed by atoms with E-state index in [4.69, 9.17) is 0 Å². The van der Waals surface area contributed by atoms with E-state index in [2.05, 4.69) is 0 Å². The van der Waals surface area contributed by atoms with Gasteiger partial charge in [0.2, 0.25) is 0 Å². The van der Waals surface area contributed by atoms with Gasteiger partial charge in [0.15, 0.2) is 0 Å². The molecule has 0 aliphatic heterocycles. The molecule has 0 aliphatic rings. The summed E-state index contributed by atoms with van der Waals surface area (Å²) in [5.41, 5.74) is 0.569. The second-order valence-corrected chi connectivity index (χ2v) is 6.06. The number of nitrogens with one attached hydrogen (secondary N) is 2. The maximum absolute atomic E-state index is 13.9. The average molecular weight is 418 g/mol. The molecule has 2 aromatic carbocycles. The fourth-order valence-corrected chi connectivity index (χ4v) is 2.26. The second kappa shape index (κ2) is 8.54. The summed E-state index contributed by atoms with van der Waals surface area (Å²) in [7, 11) is 0. The third-order valence-electron chi connectivity index (χ3n) is 3.95. The molecule has 156 valence electrons. The third-order valence-corrected chi connectivity index (χ3v) is 3.95. The SMILES string of the molecule is O=C(NCc1ccccc1)C(F)(F)C(F)(F)C(F)(F)C(=O)NCc1ccccc1. The van der Waals surface area contributed by atoms with E-state index in [1.807, 2.05) is 0 Å². The minimum absolute atomic E-state index is 0.285. The zero-order chi connectivity index (χ0) is 21.7. The van der Waals surface area contributed by atoms with E-state index in [0.717, 1.165) is 0 Å². The molecule has 0 fully saturated rings. The van der Waals surface area contributed by atoms with Crippen molar-refractivity contribution in [2.75, 3.05) is 0 Å². The van der Waals surface area contributed by atoms with E-state index in [1.54, 1.807) is 12.1 Å². The summed E-state index contributed by atoms with van der Waals surface area (Å²) in [6, 6.07) is 14.8. The average Bonchev–Trinajstić information content (AvgIpc) is 2.71. The summed E-state index contributed by atoms with van der Waals surface area (Å²) < 4.78 is 83.4. The molecule has 0 atom stereocenters. The minimum atomic E-state index is -6.26. The molecule has 0 aliphatic carbocycles. The van der Waals surface area contributed by atoms with Crippen LogP contribution in [0.4, 0.5) is 26.3 Å². The molecular weight excluding hydrogens is 402 g/mol. The first kappa shape index (κ1) is 22.3. The van der Waals surface area contributed by atoms with Crippen molar-refractivity contribution in [3.05, 3.63) is 71.8 Å². The molecule has 2 aromatic rings. The lowest BCUT2D eigenvalue weighted by molar-refractivity contribution is -0.287. The Hall–Kier alpha value is -3.04. The number of carbonyl (C=O) groups excluding carboxylic acids is 2. The molecule has 4 nitrogen and oxygen atoms in total. The van der Waals surface area contributed by atoms with E-state index in [0.29, 0.717) is 0 Å². The lowest BCUT2D eigenvalue weighted by atomic mass is 10.0. The molecule has 10 heteroatoms. The van der Waals surface area contributed by atoms with Crippen LogP contribution in [0.3, 0.4) is 0 Å². The monoisotopic (exact) mass is 418 g/mol. The number of hydrogen-bond acceptors (Lipinski definition) is 2. The summed E-state index contributed by atoms with van der Waals surface area (Å²) in [5, 5.41) is 2.96. The highest BCUT2D eigenvalue weighted by atomic mass is 19.3. The van der Waals surface area contributed by atoms with Crippen molar-refractivity contribution in [3.63, 3.8) is 0 Å². The fourth-order valence-electron chi connectivity index (χ4n) is 2.26. The van der Waals surface area contributed by atoms with Crippen LogP contribution in [0.15, 0.2) is 60.7 Å². The van der Waals surface area contributed by atoms with Gasteiger partial charge in [-0.05, 0) is 11.1 Å². The highest BCUT2D eigenvalue weighted by Crippen LogP contribution is 2.46. The van der Waals surface area contributed by atoms with Gasteiger partial charge in [-0.25, -0.2) is 0 Å². The largest absolute Gasteiger partial charge is 0.393 e. The molecule has 29 heavy (non-hydrogen) atoms. The molecule has 0 unspecified atom stereocenters. The Kier molecular flexibility index (Phi) is 6.55. The summed E-state index contributed by atoms with van der Waals surface area (Å²) >= 11 is 0. The lowest BCUT2D eigenvalue weighted by Crippen LogP contribution is -2.65. The van der Waals surface area contributed by atoms with E-state index in [9.17, 15) is 35.9 Å². The van der Waals surface area contributed by atoms with Crippen LogP contribution in [0.2, 0.25) is 0 Å². The minimum Gasteiger partial charge on any atom is -0.347 e. The summed E-state index contributed by atoms with van der Waals surface area (Å²) in [6.07, 6.45) is 0. The Bertz CT molecular complexity index is 775. The number of benzene rings is 2. The molecule has 0 saturated carbocycles. The van der Waals surface area contributed by atoms with Gasteiger partial charge in [-0.3, -0.25) is 9.59 Å². The van der Waals surface area contributed by atoms with Crippen LogP contribution in [0, 0.1) is 0 Å². The normalized spacial score (nSPS) is 12.3. The van der Waals surface area contributed by atoms with Gasteiger partial charge in [-0.1, -0.05) is 60.7 Å². The van der Waals surface area contributed by atoms with Crippen LogP contribution in [-0.2, 0) is 22.7 Å². The van der Waals surface area contributed by atoms with Gasteiger partial charge in [0.1, 0.15) is 0 Å². The predicted octanol–water partition coefficient (Wildman–Crippen LogP) is 3.53. The Morgan fingerprint density at radius 1 is 0.621 bits per heavy atom.